The normalized spacial score (nSPS) is 10.3. The summed E-state index contributed by atoms with van der Waals surface area (Å²) in [5.41, 5.74) is 6.83. The number of amides is 1. The van der Waals surface area contributed by atoms with Crippen LogP contribution in [-0.2, 0) is 6.42 Å². The Kier molecular flexibility index (Phi) is 4.65. The van der Waals surface area contributed by atoms with Gasteiger partial charge in [-0.2, -0.15) is 0 Å². The molecule has 106 valence electrons. The minimum atomic E-state index is -0.255. The summed E-state index contributed by atoms with van der Waals surface area (Å²) in [5.74, 6) is 0.253. The monoisotopic (exact) mass is 291 g/mol. The number of hydrogen-bond acceptors (Lipinski definition) is 6. The van der Waals surface area contributed by atoms with Gasteiger partial charge in [0.25, 0.3) is 5.91 Å². The molecule has 0 bridgehead atoms. The first-order chi connectivity index (χ1) is 9.60. The molecule has 3 N–H and O–H groups in total. The van der Waals surface area contributed by atoms with E-state index < -0.39 is 0 Å². The third-order valence-corrected chi connectivity index (χ3v) is 3.56. The third kappa shape index (κ3) is 3.52. The summed E-state index contributed by atoms with van der Waals surface area (Å²) in [6, 6.07) is 3.66. The Balaban J connectivity index is 2.03. The summed E-state index contributed by atoms with van der Waals surface area (Å²) >= 11 is 1.44. The van der Waals surface area contributed by atoms with Crippen LogP contribution in [0.25, 0.3) is 0 Å². The van der Waals surface area contributed by atoms with E-state index in [4.69, 9.17) is 5.73 Å². The van der Waals surface area contributed by atoms with E-state index in [2.05, 4.69) is 15.3 Å². The van der Waals surface area contributed by atoms with Crippen LogP contribution in [0.1, 0.15) is 15.5 Å². The van der Waals surface area contributed by atoms with Crippen molar-refractivity contribution in [2.45, 2.75) is 6.42 Å². The molecule has 0 saturated carbocycles. The fraction of sp³-hybridized carbons (Fsp3) is 0.308. The van der Waals surface area contributed by atoms with E-state index in [1.165, 1.54) is 11.3 Å². The topological polar surface area (TPSA) is 84.1 Å². The van der Waals surface area contributed by atoms with Gasteiger partial charge in [0.1, 0.15) is 11.5 Å². The molecule has 1 amide bonds. The minimum absolute atomic E-state index is 0.255. The number of carbonyl (C=O) groups excluding carboxylic acids is 1. The Bertz CT molecular complexity index is 579. The number of anilines is 2. The van der Waals surface area contributed by atoms with E-state index in [-0.39, 0.29) is 5.91 Å². The first kappa shape index (κ1) is 14.4. The fourth-order valence-electron chi connectivity index (χ4n) is 1.56. The van der Waals surface area contributed by atoms with Gasteiger partial charge in [0, 0.05) is 25.9 Å². The maximum Gasteiger partial charge on any atom is 0.276 e. The molecule has 2 aromatic rings. The molecule has 6 nitrogen and oxygen atoms in total. The van der Waals surface area contributed by atoms with E-state index >= 15 is 0 Å². The molecule has 2 rings (SSSR count). The molecule has 7 heteroatoms. The summed E-state index contributed by atoms with van der Waals surface area (Å²) in [7, 11) is 3.87. The maximum absolute atomic E-state index is 12.0. The van der Waals surface area contributed by atoms with Crippen molar-refractivity contribution < 1.29 is 4.79 Å². The number of nitrogens with zero attached hydrogens (tertiary/aromatic N) is 3. The molecule has 0 aliphatic rings. The van der Waals surface area contributed by atoms with E-state index in [1.54, 1.807) is 17.6 Å². The molecule has 0 fully saturated rings. The van der Waals surface area contributed by atoms with Gasteiger partial charge >= 0.3 is 0 Å². The van der Waals surface area contributed by atoms with Crippen molar-refractivity contribution in [2.75, 3.05) is 30.9 Å². The second-order valence-electron chi connectivity index (χ2n) is 4.42. The van der Waals surface area contributed by atoms with Crippen LogP contribution in [0.5, 0.6) is 0 Å². The molecule has 2 heterocycles. The molecule has 0 spiro atoms. The van der Waals surface area contributed by atoms with Crippen LogP contribution in [0.4, 0.5) is 11.5 Å². The van der Waals surface area contributed by atoms with Gasteiger partial charge < -0.3 is 16.0 Å². The maximum atomic E-state index is 12.0. The van der Waals surface area contributed by atoms with Gasteiger partial charge in [-0.1, -0.05) is 0 Å². The molecule has 0 radical (unpaired) electrons. The van der Waals surface area contributed by atoms with Crippen molar-refractivity contribution in [2.24, 2.45) is 5.73 Å². The van der Waals surface area contributed by atoms with Crippen LogP contribution in [0.3, 0.4) is 0 Å². The second-order valence-corrected chi connectivity index (χ2v) is 5.36. The smallest absolute Gasteiger partial charge is 0.276 e. The zero-order valence-electron chi connectivity index (χ0n) is 11.5. The van der Waals surface area contributed by atoms with Crippen molar-refractivity contribution in [1.82, 2.24) is 9.97 Å². The van der Waals surface area contributed by atoms with Gasteiger partial charge in [0.15, 0.2) is 0 Å². The van der Waals surface area contributed by atoms with Crippen molar-refractivity contribution in [3.8, 4) is 0 Å². The lowest BCUT2D eigenvalue weighted by molar-refractivity contribution is 0.102. The minimum Gasteiger partial charge on any atom is -0.376 e. The lowest BCUT2D eigenvalue weighted by Gasteiger charge is -2.11. The van der Waals surface area contributed by atoms with E-state index in [1.807, 2.05) is 25.1 Å². The first-order valence-corrected chi connectivity index (χ1v) is 7.07. The number of carbonyl (C=O) groups is 1. The average Bonchev–Trinajstić information content (AvgIpc) is 2.88. The number of rotatable bonds is 5. The highest BCUT2D eigenvalue weighted by atomic mass is 32.1. The van der Waals surface area contributed by atoms with E-state index in [9.17, 15) is 4.79 Å². The van der Waals surface area contributed by atoms with Crippen molar-refractivity contribution in [3.05, 3.63) is 34.4 Å². The van der Waals surface area contributed by atoms with Crippen molar-refractivity contribution >= 4 is 28.7 Å². The number of aromatic nitrogens is 2. The molecule has 0 saturated heterocycles. The van der Waals surface area contributed by atoms with Crippen molar-refractivity contribution in [1.29, 1.82) is 0 Å². The van der Waals surface area contributed by atoms with Crippen LogP contribution >= 0.6 is 11.3 Å². The van der Waals surface area contributed by atoms with Crippen LogP contribution < -0.4 is 16.0 Å². The Morgan fingerprint density at radius 2 is 2.25 bits per heavy atom. The van der Waals surface area contributed by atoms with Crippen molar-refractivity contribution in [3.63, 3.8) is 0 Å². The molecule has 0 unspecified atom stereocenters. The van der Waals surface area contributed by atoms with Gasteiger partial charge in [-0.15, -0.1) is 11.3 Å². The second kappa shape index (κ2) is 6.44. The molecule has 2 aromatic heterocycles. The number of thiazole rings is 1. The molecule has 20 heavy (non-hydrogen) atoms. The predicted octanol–water partition coefficient (Wildman–Crippen LogP) is 1.36. The lowest BCUT2D eigenvalue weighted by Crippen LogP contribution is -2.14. The highest BCUT2D eigenvalue weighted by Gasteiger charge is 2.11. The Labute approximate surface area is 121 Å². The Morgan fingerprint density at radius 1 is 1.45 bits per heavy atom. The van der Waals surface area contributed by atoms with Gasteiger partial charge in [0.2, 0.25) is 0 Å². The highest BCUT2D eigenvalue weighted by Crippen LogP contribution is 2.14. The molecule has 0 aliphatic heterocycles. The van der Waals surface area contributed by atoms with Gasteiger partial charge in [-0.3, -0.25) is 4.79 Å². The predicted molar refractivity (Wildman–Crippen MR) is 81.4 cm³/mol. The molecule has 0 atom stereocenters. The number of nitrogens with two attached hydrogens (primary N) is 1. The molecular weight excluding hydrogens is 274 g/mol. The SMILES string of the molecule is CN(C)c1ccc(NC(=O)c2csc(CCN)n2)nc1. The van der Waals surface area contributed by atoms with Gasteiger partial charge in [-0.25, -0.2) is 9.97 Å². The summed E-state index contributed by atoms with van der Waals surface area (Å²) in [6.45, 7) is 0.530. The lowest BCUT2D eigenvalue weighted by atomic mass is 10.3. The summed E-state index contributed by atoms with van der Waals surface area (Å²) in [5, 5.41) is 5.32. The number of hydrogen-bond donors (Lipinski definition) is 2. The Hall–Kier alpha value is -1.99. The highest BCUT2D eigenvalue weighted by molar-refractivity contribution is 7.09. The standard InChI is InChI=1S/C13H17N5OS/c1-18(2)9-3-4-11(15-7-9)17-13(19)10-8-20-12(16-10)5-6-14/h3-4,7-8H,5-6,14H2,1-2H3,(H,15,17,19). The van der Waals surface area contributed by atoms with Gasteiger partial charge in [-0.05, 0) is 18.7 Å². The number of nitrogens with one attached hydrogen (secondary N) is 1. The zero-order chi connectivity index (χ0) is 14.5. The summed E-state index contributed by atoms with van der Waals surface area (Å²) < 4.78 is 0. The van der Waals surface area contributed by atoms with Crippen LogP contribution in [0.15, 0.2) is 23.7 Å². The summed E-state index contributed by atoms with van der Waals surface area (Å²) in [4.78, 5) is 22.4. The molecule has 0 aromatic carbocycles. The Morgan fingerprint density at radius 3 is 2.85 bits per heavy atom. The first-order valence-electron chi connectivity index (χ1n) is 6.19. The zero-order valence-corrected chi connectivity index (χ0v) is 12.3. The molecular formula is C13H17N5OS. The largest absolute Gasteiger partial charge is 0.376 e. The average molecular weight is 291 g/mol. The number of pyridine rings is 1. The van der Waals surface area contributed by atoms with Crippen LogP contribution in [0.2, 0.25) is 0 Å². The quantitative estimate of drug-likeness (QED) is 0.869. The third-order valence-electron chi connectivity index (χ3n) is 2.65. The molecule has 0 aliphatic carbocycles. The van der Waals surface area contributed by atoms with E-state index in [0.717, 1.165) is 10.7 Å². The van der Waals surface area contributed by atoms with E-state index in [0.29, 0.717) is 24.5 Å². The van der Waals surface area contributed by atoms with Crippen LogP contribution in [-0.4, -0.2) is 36.5 Å². The van der Waals surface area contributed by atoms with Crippen LogP contribution in [0, 0.1) is 0 Å². The summed E-state index contributed by atoms with van der Waals surface area (Å²) in [6.07, 6.45) is 2.39. The fourth-order valence-corrected chi connectivity index (χ4v) is 2.35. The van der Waals surface area contributed by atoms with Gasteiger partial charge in [0.05, 0.1) is 16.9 Å².